The fraction of sp³-hybridized carbons (Fsp3) is 0.522. The van der Waals surface area contributed by atoms with Crippen LogP contribution in [-0.2, 0) is 4.79 Å². The van der Waals surface area contributed by atoms with E-state index < -0.39 is 30.4 Å². The molecule has 2 unspecified atom stereocenters. The summed E-state index contributed by atoms with van der Waals surface area (Å²) in [6, 6.07) is 7.02. The van der Waals surface area contributed by atoms with E-state index in [1.54, 1.807) is 45.0 Å². The Morgan fingerprint density at radius 3 is 2.68 bits per heavy atom. The van der Waals surface area contributed by atoms with Crippen molar-refractivity contribution in [2.24, 2.45) is 0 Å². The lowest BCUT2D eigenvalue weighted by Crippen LogP contribution is -2.31. The molecule has 1 aliphatic rings. The molecule has 34 heavy (non-hydrogen) atoms. The standard InChI is InChI=1S/C23H29ClF2N4O4/c1-14(21(31)27-10-18(25)26)15-4-6-16(7-5-15)34-17-8-9-30(11-17)20-19(24)22(29-13-28-20)33-12-23(2,3)32/h4-7,13-14,17-18,32H,8-12H2,1-3H3,(H,27,31). The number of alkyl halides is 2. The Labute approximate surface area is 202 Å². The topological polar surface area (TPSA) is 96.8 Å². The molecule has 2 N–H and O–H groups in total. The predicted octanol–water partition coefficient (Wildman–Crippen LogP) is 3.42. The number of aromatic nitrogens is 2. The van der Waals surface area contributed by atoms with Crippen molar-refractivity contribution in [3.05, 3.63) is 41.2 Å². The molecule has 1 amide bonds. The van der Waals surface area contributed by atoms with Gasteiger partial charge in [0.05, 0.1) is 24.6 Å². The van der Waals surface area contributed by atoms with Crippen molar-refractivity contribution >= 4 is 23.3 Å². The molecule has 3 rings (SSSR count). The van der Waals surface area contributed by atoms with Gasteiger partial charge in [-0.1, -0.05) is 23.7 Å². The molecule has 1 saturated heterocycles. The van der Waals surface area contributed by atoms with Gasteiger partial charge in [-0.15, -0.1) is 0 Å². The summed E-state index contributed by atoms with van der Waals surface area (Å²) >= 11 is 6.45. The fourth-order valence-electron chi connectivity index (χ4n) is 3.44. The maximum atomic E-state index is 12.3. The number of ether oxygens (including phenoxy) is 2. The van der Waals surface area contributed by atoms with Crippen LogP contribution in [0.15, 0.2) is 30.6 Å². The van der Waals surface area contributed by atoms with Crippen molar-refractivity contribution in [1.29, 1.82) is 0 Å². The van der Waals surface area contributed by atoms with E-state index in [9.17, 15) is 18.7 Å². The van der Waals surface area contributed by atoms with E-state index in [0.717, 1.165) is 6.42 Å². The summed E-state index contributed by atoms with van der Waals surface area (Å²) in [5, 5.41) is 12.4. The van der Waals surface area contributed by atoms with E-state index in [-0.39, 0.29) is 23.6 Å². The van der Waals surface area contributed by atoms with E-state index >= 15 is 0 Å². The second kappa shape index (κ2) is 11.1. The third-order valence-corrected chi connectivity index (χ3v) is 5.58. The van der Waals surface area contributed by atoms with Crippen LogP contribution in [0.2, 0.25) is 5.02 Å². The Balaban J connectivity index is 1.57. The average Bonchev–Trinajstić information content (AvgIpc) is 3.24. The first-order valence-electron chi connectivity index (χ1n) is 11.0. The van der Waals surface area contributed by atoms with Crippen molar-refractivity contribution in [3.63, 3.8) is 0 Å². The van der Waals surface area contributed by atoms with Gasteiger partial charge in [0.1, 0.15) is 29.8 Å². The Hall–Kier alpha value is -2.72. The Kier molecular flexibility index (Phi) is 8.48. The van der Waals surface area contributed by atoms with Gasteiger partial charge in [0.15, 0.2) is 5.82 Å². The molecular formula is C23H29ClF2N4O4. The van der Waals surface area contributed by atoms with Gasteiger partial charge in [-0.05, 0) is 38.5 Å². The number of aliphatic hydroxyl groups is 1. The maximum Gasteiger partial charge on any atom is 0.255 e. The van der Waals surface area contributed by atoms with Crippen molar-refractivity contribution in [1.82, 2.24) is 15.3 Å². The first-order valence-corrected chi connectivity index (χ1v) is 11.3. The molecule has 186 valence electrons. The van der Waals surface area contributed by atoms with E-state index in [4.69, 9.17) is 21.1 Å². The highest BCUT2D eigenvalue weighted by atomic mass is 35.5. The second-order valence-corrected chi connectivity index (χ2v) is 9.20. The molecule has 2 heterocycles. The smallest absolute Gasteiger partial charge is 0.255 e. The van der Waals surface area contributed by atoms with Gasteiger partial charge in [0, 0.05) is 13.0 Å². The number of benzene rings is 1. The van der Waals surface area contributed by atoms with Crippen LogP contribution < -0.4 is 19.7 Å². The maximum absolute atomic E-state index is 12.3. The number of anilines is 1. The minimum absolute atomic E-state index is 0.0391. The number of carbonyl (C=O) groups is 1. The molecule has 1 aliphatic heterocycles. The second-order valence-electron chi connectivity index (χ2n) is 8.82. The number of nitrogens with one attached hydrogen (secondary N) is 1. The lowest BCUT2D eigenvalue weighted by atomic mass is 10.0. The lowest BCUT2D eigenvalue weighted by molar-refractivity contribution is -0.122. The summed E-state index contributed by atoms with van der Waals surface area (Å²) < 4.78 is 36.2. The number of rotatable bonds is 10. The highest BCUT2D eigenvalue weighted by Gasteiger charge is 2.28. The Bertz CT molecular complexity index is 972. The molecule has 1 fully saturated rings. The molecule has 2 atom stereocenters. The third kappa shape index (κ3) is 7.14. The van der Waals surface area contributed by atoms with E-state index in [1.165, 1.54) is 6.33 Å². The van der Waals surface area contributed by atoms with E-state index in [0.29, 0.717) is 30.2 Å². The summed E-state index contributed by atoms with van der Waals surface area (Å²) in [6.45, 7) is 5.52. The SMILES string of the molecule is CC(C(=O)NCC(F)F)c1ccc(OC2CCN(c3ncnc(OCC(C)(C)O)c3Cl)C2)cc1. The fourth-order valence-corrected chi connectivity index (χ4v) is 3.71. The molecule has 1 aromatic carbocycles. The van der Waals surface area contributed by atoms with Crippen LogP contribution in [0, 0.1) is 0 Å². The minimum atomic E-state index is -2.58. The van der Waals surface area contributed by atoms with Gasteiger partial charge in [-0.3, -0.25) is 4.79 Å². The number of amides is 1. The summed E-state index contributed by atoms with van der Waals surface area (Å²) in [5.41, 5.74) is -0.317. The first kappa shape index (κ1) is 25.9. The van der Waals surface area contributed by atoms with Crippen LogP contribution in [-0.4, -0.2) is 65.4 Å². The number of hydrogen-bond acceptors (Lipinski definition) is 7. The van der Waals surface area contributed by atoms with Crippen LogP contribution in [0.25, 0.3) is 0 Å². The van der Waals surface area contributed by atoms with Crippen molar-refractivity contribution in [2.75, 3.05) is 31.1 Å². The minimum Gasteiger partial charge on any atom is -0.489 e. The Morgan fingerprint density at radius 1 is 1.32 bits per heavy atom. The third-order valence-electron chi connectivity index (χ3n) is 5.25. The normalized spacial score (nSPS) is 17.1. The number of hydrogen-bond donors (Lipinski definition) is 2. The Morgan fingerprint density at radius 2 is 2.03 bits per heavy atom. The van der Waals surface area contributed by atoms with Crippen molar-refractivity contribution in [3.8, 4) is 11.6 Å². The largest absolute Gasteiger partial charge is 0.489 e. The van der Waals surface area contributed by atoms with Gasteiger partial charge in [-0.25, -0.2) is 18.7 Å². The zero-order chi connectivity index (χ0) is 24.9. The molecule has 1 aromatic heterocycles. The molecular weight excluding hydrogens is 470 g/mol. The summed E-state index contributed by atoms with van der Waals surface area (Å²) in [6.07, 6.45) is -0.577. The molecule has 0 spiro atoms. The number of halogens is 3. The number of carbonyl (C=O) groups excluding carboxylic acids is 1. The highest BCUT2D eigenvalue weighted by Crippen LogP contribution is 2.33. The van der Waals surface area contributed by atoms with Gasteiger partial charge in [0.2, 0.25) is 11.8 Å². The monoisotopic (exact) mass is 498 g/mol. The van der Waals surface area contributed by atoms with E-state index in [2.05, 4.69) is 15.3 Å². The predicted molar refractivity (Wildman–Crippen MR) is 124 cm³/mol. The molecule has 0 aliphatic carbocycles. The molecule has 0 radical (unpaired) electrons. The quantitative estimate of drug-likeness (QED) is 0.518. The average molecular weight is 499 g/mol. The first-order chi connectivity index (χ1) is 16.0. The van der Waals surface area contributed by atoms with Crippen LogP contribution in [0.5, 0.6) is 11.6 Å². The van der Waals surface area contributed by atoms with Gasteiger partial charge >= 0.3 is 0 Å². The zero-order valence-corrected chi connectivity index (χ0v) is 20.1. The lowest BCUT2D eigenvalue weighted by Gasteiger charge is -2.21. The van der Waals surface area contributed by atoms with Gasteiger partial charge < -0.3 is 24.8 Å². The van der Waals surface area contributed by atoms with Crippen LogP contribution in [0.3, 0.4) is 0 Å². The van der Waals surface area contributed by atoms with Crippen LogP contribution in [0.1, 0.15) is 38.7 Å². The summed E-state index contributed by atoms with van der Waals surface area (Å²) in [5.74, 6) is 0.377. The molecule has 0 bridgehead atoms. The molecule has 8 nitrogen and oxygen atoms in total. The zero-order valence-electron chi connectivity index (χ0n) is 19.3. The van der Waals surface area contributed by atoms with Crippen LogP contribution >= 0.6 is 11.6 Å². The van der Waals surface area contributed by atoms with Crippen molar-refractivity contribution in [2.45, 2.75) is 51.2 Å². The summed E-state index contributed by atoms with van der Waals surface area (Å²) in [4.78, 5) is 22.3. The van der Waals surface area contributed by atoms with Gasteiger partial charge in [0.25, 0.3) is 6.43 Å². The van der Waals surface area contributed by atoms with Crippen LogP contribution in [0.4, 0.5) is 14.6 Å². The number of nitrogens with zero attached hydrogens (tertiary/aromatic N) is 3. The molecule has 0 saturated carbocycles. The van der Waals surface area contributed by atoms with Crippen molar-refractivity contribution < 1.29 is 28.2 Å². The highest BCUT2D eigenvalue weighted by molar-refractivity contribution is 6.34. The van der Waals surface area contributed by atoms with Gasteiger partial charge in [-0.2, -0.15) is 0 Å². The van der Waals surface area contributed by atoms with E-state index in [1.807, 2.05) is 4.90 Å². The molecule has 2 aromatic rings. The summed E-state index contributed by atoms with van der Waals surface area (Å²) in [7, 11) is 0. The molecule has 11 heteroatoms.